The van der Waals surface area contributed by atoms with Gasteiger partial charge in [-0.25, -0.2) is 0 Å². The lowest BCUT2D eigenvalue weighted by Gasteiger charge is -2.07. The highest BCUT2D eigenvalue weighted by Gasteiger charge is 2.05. The average Bonchev–Trinajstić information content (AvgIpc) is 2.75. The summed E-state index contributed by atoms with van der Waals surface area (Å²) in [6, 6.07) is 9.67. The second-order valence-electron chi connectivity index (χ2n) is 3.78. The van der Waals surface area contributed by atoms with Crippen LogP contribution in [0.2, 0.25) is 0 Å². The van der Waals surface area contributed by atoms with Crippen LogP contribution < -0.4 is 4.74 Å². The summed E-state index contributed by atoms with van der Waals surface area (Å²) in [5.74, 6) is 0.605. The maximum Gasteiger partial charge on any atom is 0.136 e. The summed E-state index contributed by atoms with van der Waals surface area (Å²) in [6.45, 7) is 2.67. The third-order valence-electron chi connectivity index (χ3n) is 2.65. The molecule has 0 N–H and O–H groups in total. The third kappa shape index (κ3) is 2.28. The van der Waals surface area contributed by atoms with Crippen LogP contribution in [-0.4, -0.2) is 16.9 Å². The van der Waals surface area contributed by atoms with E-state index in [-0.39, 0.29) is 0 Å². The molecule has 0 spiro atoms. The molecule has 0 atom stereocenters. The topological polar surface area (TPSA) is 50.8 Å². The molecular weight excluding hydrogens is 214 g/mol. The van der Waals surface area contributed by atoms with Crippen LogP contribution in [0.1, 0.15) is 16.8 Å². The van der Waals surface area contributed by atoms with Gasteiger partial charge in [0.25, 0.3) is 0 Å². The Hall–Kier alpha value is -2.28. The molecule has 0 unspecified atom stereocenters. The van der Waals surface area contributed by atoms with Crippen LogP contribution in [0, 0.1) is 18.3 Å². The van der Waals surface area contributed by atoms with Crippen LogP contribution in [0.15, 0.2) is 30.5 Å². The molecule has 1 heterocycles. The van der Waals surface area contributed by atoms with Crippen molar-refractivity contribution < 1.29 is 4.74 Å². The molecule has 1 aromatic heterocycles. The number of hydrogen-bond acceptors (Lipinski definition) is 3. The lowest BCUT2D eigenvalue weighted by atomic mass is 10.1. The predicted molar refractivity (Wildman–Crippen MR) is 63.8 cm³/mol. The number of methoxy groups -OCH3 is 1. The maximum absolute atomic E-state index is 9.00. The van der Waals surface area contributed by atoms with E-state index in [1.807, 2.05) is 35.9 Å². The summed E-state index contributed by atoms with van der Waals surface area (Å²) >= 11 is 0. The van der Waals surface area contributed by atoms with E-state index in [2.05, 4.69) is 11.2 Å². The number of benzene rings is 1. The van der Waals surface area contributed by atoms with E-state index in [9.17, 15) is 0 Å². The van der Waals surface area contributed by atoms with Crippen molar-refractivity contribution >= 4 is 0 Å². The van der Waals surface area contributed by atoms with Gasteiger partial charge in [-0.3, -0.25) is 4.68 Å². The molecule has 0 bridgehead atoms. The first-order chi connectivity index (χ1) is 8.24. The van der Waals surface area contributed by atoms with Crippen molar-refractivity contribution in [1.29, 1.82) is 5.26 Å². The van der Waals surface area contributed by atoms with Gasteiger partial charge < -0.3 is 4.74 Å². The van der Waals surface area contributed by atoms with E-state index < -0.39 is 0 Å². The van der Waals surface area contributed by atoms with E-state index >= 15 is 0 Å². The van der Waals surface area contributed by atoms with Crippen molar-refractivity contribution in [2.24, 2.45) is 0 Å². The molecule has 2 rings (SSSR count). The Bertz CT molecular complexity index is 566. The highest BCUT2D eigenvalue weighted by atomic mass is 16.5. The first-order valence-corrected chi connectivity index (χ1v) is 5.30. The quantitative estimate of drug-likeness (QED) is 0.807. The van der Waals surface area contributed by atoms with Gasteiger partial charge in [-0.1, -0.05) is 6.07 Å². The van der Waals surface area contributed by atoms with Crippen molar-refractivity contribution in [2.45, 2.75) is 13.5 Å². The minimum atomic E-state index is 0.551. The van der Waals surface area contributed by atoms with Crippen LogP contribution in [0.4, 0.5) is 0 Å². The van der Waals surface area contributed by atoms with E-state index in [0.29, 0.717) is 17.9 Å². The summed E-state index contributed by atoms with van der Waals surface area (Å²) in [5, 5.41) is 13.2. The van der Waals surface area contributed by atoms with Gasteiger partial charge in [0.2, 0.25) is 0 Å². The molecule has 1 aromatic carbocycles. The van der Waals surface area contributed by atoms with Gasteiger partial charge in [0, 0.05) is 11.9 Å². The minimum Gasteiger partial charge on any atom is -0.495 e. The van der Waals surface area contributed by atoms with Crippen LogP contribution in [0.3, 0.4) is 0 Å². The molecule has 0 radical (unpaired) electrons. The van der Waals surface area contributed by atoms with Gasteiger partial charge in [-0.15, -0.1) is 0 Å². The molecule has 0 aliphatic rings. The standard InChI is InChI=1S/C13H13N3O/c1-10-5-6-15-16(10)9-11-3-4-13(17-2)12(7-11)8-14/h3-7H,9H2,1-2H3. The van der Waals surface area contributed by atoms with Crippen molar-refractivity contribution in [2.75, 3.05) is 7.11 Å². The average molecular weight is 227 g/mol. The number of nitrogens with zero attached hydrogens (tertiary/aromatic N) is 3. The Labute approximate surface area is 100 Å². The molecule has 2 aromatic rings. The van der Waals surface area contributed by atoms with Crippen molar-refractivity contribution in [3.63, 3.8) is 0 Å². The maximum atomic E-state index is 9.00. The Morgan fingerprint density at radius 1 is 1.41 bits per heavy atom. The fraction of sp³-hybridized carbons (Fsp3) is 0.231. The highest BCUT2D eigenvalue weighted by molar-refractivity contribution is 5.45. The smallest absolute Gasteiger partial charge is 0.136 e. The zero-order valence-electron chi connectivity index (χ0n) is 9.84. The fourth-order valence-corrected chi connectivity index (χ4v) is 1.68. The Morgan fingerprint density at radius 2 is 2.24 bits per heavy atom. The molecule has 0 saturated heterocycles. The molecule has 4 nitrogen and oxygen atoms in total. The lowest BCUT2D eigenvalue weighted by molar-refractivity contribution is 0.413. The lowest BCUT2D eigenvalue weighted by Crippen LogP contribution is -2.04. The minimum absolute atomic E-state index is 0.551. The number of rotatable bonds is 3. The number of aromatic nitrogens is 2. The van der Waals surface area contributed by atoms with Gasteiger partial charge in [-0.2, -0.15) is 10.4 Å². The highest BCUT2D eigenvalue weighted by Crippen LogP contribution is 2.19. The van der Waals surface area contributed by atoms with Crippen molar-refractivity contribution in [3.8, 4) is 11.8 Å². The molecule has 0 saturated carbocycles. The normalized spacial score (nSPS) is 9.94. The Kier molecular flexibility index (Phi) is 3.10. The van der Waals surface area contributed by atoms with Crippen molar-refractivity contribution in [3.05, 3.63) is 47.3 Å². The molecule has 0 amide bonds. The summed E-state index contributed by atoms with van der Waals surface area (Å²) in [5.41, 5.74) is 2.68. The first-order valence-electron chi connectivity index (χ1n) is 5.30. The van der Waals surface area contributed by atoms with Crippen molar-refractivity contribution in [1.82, 2.24) is 9.78 Å². The second kappa shape index (κ2) is 4.71. The first kappa shape index (κ1) is 11.2. The van der Waals surface area contributed by atoms with E-state index in [1.165, 1.54) is 0 Å². The molecule has 0 fully saturated rings. The molecule has 0 aliphatic heterocycles. The third-order valence-corrected chi connectivity index (χ3v) is 2.65. The second-order valence-corrected chi connectivity index (χ2v) is 3.78. The Morgan fingerprint density at radius 3 is 2.82 bits per heavy atom. The SMILES string of the molecule is COc1ccc(Cn2nccc2C)cc1C#N. The predicted octanol–water partition coefficient (Wildman–Crippen LogP) is 2.12. The van der Waals surface area contributed by atoms with Gasteiger partial charge in [-0.05, 0) is 30.7 Å². The number of aryl methyl sites for hydroxylation is 1. The largest absolute Gasteiger partial charge is 0.495 e. The molecule has 17 heavy (non-hydrogen) atoms. The summed E-state index contributed by atoms with van der Waals surface area (Å²) in [4.78, 5) is 0. The van der Waals surface area contributed by atoms with Gasteiger partial charge in [0.05, 0.1) is 19.2 Å². The summed E-state index contributed by atoms with van der Waals surface area (Å²) in [7, 11) is 1.56. The summed E-state index contributed by atoms with van der Waals surface area (Å²) < 4.78 is 7.00. The monoisotopic (exact) mass is 227 g/mol. The van der Waals surface area contributed by atoms with Crippen LogP contribution >= 0.6 is 0 Å². The van der Waals surface area contributed by atoms with E-state index in [4.69, 9.17) is 10.00 Å². The molecule has 4 heteroatoms. The number of hydrogen-bond donors (Lipinski definition) is 0. The van der Waals surface area contributed by atoms with E-state index in [1.54, 1.807) is 13.3 Å². The number of ether oxygens (including phenoxy) is 1. The Balaban J connectivity index is 2.29. The van der Waals surface area contributed by atoms with Gasteiger partial charge >= 0.3 is 0 Å². The van der Waals surface area contributed by atoms with Crippen LogP contribution in [0.25, 0.3) is 0 Å². The molecule has 86 valence electrons. The fourth-order valence-electron chi connectivity index (χ4n) is 1.68. The van der Waals surface area contributed by atoms with Crippen LogP contribution in [-0.2, 0) is 6.54 Å². The van der Waals surface area contributed by atoms with Crippen LogP contribution in [0.5, 0.6) is 5.75 Å². The van der Waals surface area contributed by atoms with Gasteiger partial charge in [0.15, 0.2) is 0 Å². The zero-order valence-corrected chi connectivity index (χ0v) is 9.84. The summed E-state index contributed by atoms with van der Waals surface area (Å²) in [6.07, 6.45) is 1.77. The zero-order chi connectivity index (χ0) is 12.3. The van der Waals surface area contributed by atoms with E-state index in [0.717, 1.165) is 11.3 Å². The molecule has 0 aliphatic carbocycles. The van der Waals surface area contributed by atoms with Gasteiger partial charge in [0.1, 0.15) is 11.8 Å². The molecular formula is C13H13N3O. The number of nitriles is 1.